The van der Waals surface area contributed by atoms with Crippen molar-refractivity contribution in [2.75, 3.05) is 26.7 Å². The molecule has 1 saturated heterocycles. The maximum absolute atomic E-state index is 13.4. The summed E-state index contributed by atoms with van der Waals surface area (Å²) in [7, 11) is 2.04. The molecule has 2 atom stereocenters. The smallest absolute Gasteiger partial charge is 0.142 e. The number of halogens is 2. The Balaban J connectivity index is 2.08. The summed E-state index contributed by atoms with van der Waals surface area (Å²) in [5, 5.41) is 0.159. The Morgan fingerprint density at radius 3 is 3.11 bits per heavy atom. The molecule has 0 saturated carbocycles. The van der Waals surface area contributed by atoms with Gasteiger partial charge in [0, 0.05) is 13.1 Å². The molecule has 0 aliphatic carbocycles. The number of hydrogen-bond donors (Lipinski definition) is 2. The summed E-state index contributed by atoms with van der Waals surface area (Å²) in [5.74, 6) is 5.19. The molecule has 1 heterocycles. The highest BCUT2D eigenvalue weighted by molar-refractivity contribution is 6.31. The molecule has 1 fully saturated rings. The molecule has 106 valence electrons. The largest absolute Gasteiger partial charge is 0.374 e. The van der Waals surface area contributed by atoms with Gasteiger partial charge in [0.25, 0.3) is 0 Å². The summed E-state index contributed by atoms with van der Waals surface area (Å²) in [6.45, 7) is 2.38. The Kier molecular flexibility index (Phi) is 5.13. The minimum Gasteiger partial charge on any atom is -0.374 e. The average Bonchev–Trinajstić information content (AvgIpc) is 2.40. The number of likely N-dealkylation sites (N-methyl/N-ethyl adjacent to an activating group) is 1. The van der Waals surface area contributed by atoms with Gasteiger partial charge in [-0.2, -0.15) is 0 Å². The van der Waals surface area contributed by atoms with Crippen molar-refractivity contribution in [2.24, 2.45) is 5.84 Å². The van der Waals surface area contributed by atoms with E-state index in [4.69, 9.17) is 22.2 Å². The SMILES string of the molecule is CN1CCOC(C(Cc2cccc(F)c2Cl)NN)C1. The highest BCUT2D eigenvalue weighted by Crippen LogP contribution is 2.22. The summed E-state index contributed by atoms with van der Waals surface area (Å²) in [6, 6.07) is 4.71. The van der Waals surface area contributed by atoms with Crippen LogP contribution in [0.2, 0.25) is 5.02 Å². The van der Waals surface area contributed by atoms with E-state index in [1.807, 2.05) is 13.1 Å². The number of hydrazine groups is 1. The summed E-state index contributed by atoms with van der Waals surface area (Å²) in [6.07, 6.45) is 0.508. The fraction of sp³-hybridized carbons (Fsp3) is 0.538. The second-order valence-electron chi connectivity index (χ2n) is 4.86. The molecule has 2 unspecified atom stereocenters. The second kappa shape index (κ2) is 6.63. The van der Waals surface area contributed by atoms with Crippen LogP contribution in [0.5, 0.6) is 0 Å². The van der Waals surface area contributed by atoms with Crippen molar-refractivity contribution in [3.8, 4) is 0 Å². The first-order valence-corrected chi connectivity index (χ1v) is 6.68. The molecule has 0 spiro atoms. The van der Waals surface area contributed by atoms with E-state index in [0.29, 0.717) is 13.0 Å². The highest BCUT2D eigenvalue weighted by Gasteiger charge is 2.27. The van der Waals surface area contributed by atoms with Crippen LogP contribution in [-0.4, -0.2) is 43.8 Å². The molecule has 1 aliphatic rings. The number of rotatable bonds is 4. The minimum atomic E-state index is -0.406. The first kappa shape index (κ1) is 14.7. The van der Waals surface area contributed by atoms with Gasteiger partial charge in [0.15, 0.2) is 0 Å². The number of nitrogens with zero attached hydrogens (tertiary/aromatic N) is 1. The van der Waals surface area contributed by atoms with Gasteiger partial charge >= 0.3 is 0 Å². The maximum atomic E-state index is 13.4. The van der Waals surface area contributed by atoms with E-state index in [2.05, 4.69) is 10.3 Å². The predicted molar refractivity (Wildman–Crippen MR) is 73.5 cm³/mol. The monoisotopic (exact) mass is 287 g/mol. The maximum Gasteiger partial charge on any atom is 0.142 e. The van der Waals surface area contributed by atoms with Crippen LogP contribution in [0.4, 0.5) is 4.39 Å². The zero-order valence-corrected chi connectivity index (χ0v) is 11.7. The predicted octanol–water partition coefficient (Wildman–Crippen LogP) is 1.18. The molecule has 0 aromatic heterocycles. The van der Waals surface area contributed by atoms with Gasteiger partial charge in [-0.1, -0.05) is 23.7 Å². The van der Waals surface area contributed by atoms with E-state index in [-0.39, 0.29) is 17.2 Å². The molecule has 6 heteroatoms. The van der Waals surface area contributed by atoms with Gasteiger partial charge in [-0.25, -0.2) is 4.39 Å². The average molecular weight is 288 g/mol. The van der Waals surface area contributed by atoms with Crippen molar-refractivity contribution < 1.29 is 9.13 Å². The minimum absolute atomic E-state index is 0.0249. The number of benzene rings is 1. The first-order valence-electron chi connectivity index (χ1n) is 6.31. The van der Waals surface area contributed by atoms with Crippen molar-refractivity contribution >= 4 is 11.6 Å². The molecule has 1 aromatic carbocycles. The summed E-state index contributed by atoms with van der Waals surface area (Å²) in [4.78, 5) is 2.19. The first-order chi connectivity index (χ1) is 9.11. The van der Waals surface area contributed by atoms with Crippen LogP contribution in [0.1, 0.15) is 5.56 Å². The molecule has 0 radical (unpaired) electrons. The van der Waals surface area contributed by atoms with Crippen LogP contribution in [0.25, 0.3) is 0 Å². The zero-order chi connectivity index (χ0) is 13.8. The number of nitrogens with one attached hydrogen (secondary N) is 1. The van der Waals surface area contributed by atoms with E-state index in [9.17, 15) is 4.39 Å². The van der Waals surface area contributed by atoms with Crippen molar-refractivity contribution in [3.63, 3.8) is 0 Å². The van der Waals surface area contributed by atoms with E-state index in [1.54, 1.807) is 6.07 Å². The second-order valence-corrected chi connectivity index (χ2v) is 5.24. The van der Waals surface area contributed by atoms with Crippen molar-refractivity contribution in [1.29, 1.82) is 0 Å². The Morgan fingerprint density at radius 2 is 2.42 bits per heavy atom. The fourth-order valence-corrected chi connectivity index (χ4v) is 2.50. The van der Waals surface area contributed by atoms with Crippen LogP contribution < -0.4 is 11.3 Å². The Morgan fingerprint density at radius 1 is 1.63 bits per heavy atom. The Bertz CT molecular complexity index is 432. The number of morpholine rings is 1. The summed E-state index contributed by atoms with van der Waals surface area (Å²) < 4.78 is 19.1. The molecule has 0 bridgehead atoms. The molecule has 0 amide bonds. The van der Waals surface area contributed by atoms with Crippen LogP contribution >= 0.6 is 11.6 Å². The van der Waals surface area contributed by atoms with Crippen LogP contribution in [0, 0.1) is 5.82 Å². The van der Waals surface area contributed by atoms with Crippen molar-refractivity contribution in [1.82, 2.24) is 10.3 Å². The van der Waals surface area contributed by atoms with Gasteiger partial charge in [-0.3, -0.25) is 11.3 Å². The molecule has 4 nitrogen and oxygen atoms in total. The summed E-state index contributed by atoms with van der Waals surface area (Å²) in [5.41, 5.74) is 3.49. The zero-order valence-electron chi connectivity index (χ0n) is 10.9. The number of nitrogens with two attached hydrogens (primary N) is 1. The molecule has 3 N–H and O–H groups in total. The van der Waals surface area contributed by atoms with Crippen molar-refractivity contribution in [2.45, 2.75) is 18.6 Å². The molecular formula is C13H19ClFN3O. The van der Waals surface area contributed by atoms with Gasteiger partial charge in [-0.15, -0.1) is 0 Å². The molecule has 1 aromatic rings. The van der Waals surface area contributed by atoms with Gasteiger partial charge in [-0.05, 0) is 25.1 Å². The number of hydrogen-bond acceptors (Lipinski definition) is 4. The molecule has 19 heavy (non-hydrogen) atoms. The van der Waals surface area contributed by atoms with Crippen LogP contribution in [-0.2, 0) is 11.2 Å². The Hall–Kier alpha value is -0.720. The lowest BCUT2D eigenvalue weighted by atomic mass is 10.0. The molecule has 2 rings (SSSR count). The van der Waals surface area contributed by atoms with Gasteiger partial charge in [0.1, 0.15) is 5.82 Å². The lowest BCUT2D eigenvalue weighted by Gasteiger charge is -2.35. The lowest BCUT2D eigenvalue weighted by molar-refractivity contribution is -0.0384. The quantitative estimate of drug-likeness (QED) is 0.645. The summed E-state index contributed by atoms with van der Waals surface area (Å²) >= 11 is 5.97. The van der Waals surface area contributed by atoms with Crippen LogP contribution in [0.3, 0.4) is 0 Å². The lowest BCUT2D eigenvalue weighted by Crippen LogP contribution is -2.54. The highest BCUT2D eigenvalue weighted by atomic mass is 35.5. The normalized spacial score (nSPS) is 22.4. The van der Waals surface area contributed by atoms with Crippen molar-refractivity contribution in [3.05, 3.63) is 34.6 Å². The van der Waals surface area contributed by atoms with E-state index < -0.39 is 5.82 Å². The van der Waals surface area contributed by atoms with Gasteiger partial charge < -0.3 is 9.64 Å². The Labute approximate surface area is 117 Å². The van der Waals surface area contributed by atoms with E-state index >= 15 is 0 Å². The van der Waals surface area contributed by atoms with E-state index in [1.165, 1.54) is 6.07 Å². The van der Waals surface area contributed by atoms with Crippen LogP contribution in [0.15, 0.2) is 18.2 Å². The number of ether oxygens (including phenoxy) is 1. The third-order valence-electron chi connectivity index (χ3n) is 3.43. The van der Waals surface area contributed by atoms with Gasteiger partial charge in [0.05, 0.1) is 23.8 Å². The molecular weight excluding hydrogens is 269 g/mol. The van der Waals surface area contributed by atoms with E-state index in [0.717, 1.165) is 18.7 Å². The fourth-order valence-electron chi connectivity index (χ4n) is 2.30. The topological polar surface area (TPSA) is 50.5 Å². The third-order valence-corrected chi connectivity index (χ3v) is 3.85. The molecule has 1 aliphatic heterocycles. The third kappa shape index (κ3) is 3.64. The standard InChI is InChI=1S/C13H19ClFN3O/c1-18-5-6-19-12(8-18)11(17-16)7-9-3-2-4-10(15)13(9)14/h2-4,11-12,17H,5-8,16H2,1H3. The van der Waals surface area contributed by atoms with Gasteiger partial charge in [0.2, 0.25) is 0 Å².